The third-order valence-corrected chi connectivity index (χ3v) is 5.68. The molecule has 6 nitrogen and oxygen atoms in total. The van der Waals surface area contributed by atoms with Gasteiger partial charge in [-0.2, -0.15) is 0 Å². The molecular formula is C21H25IN2O4. The maximum Gasteiger partial charge on any atom is 0.255 e. The van der Waals surface area contributed by atoms with Crippen molar-refractivity contribution in [3.8, 4) is 11.5 Å². The summed E-state index contributed by atoms with van der Waals surface area (Å²) in [5.41, 5.74) is 2.88. The maximum atomic E-state index is 13.0. The van der Waals surface area contributed by atoms with Gasteiger partial charge in [-0.15, -0.1) is 0 Å². The Balaban J connectivity index is 1.70. The molecule has 28 heavy (non-hydrogen) atoms. The molecule has 0 bridgehead atoms. The fourth-order valence-corrected chi connectivity index (χ4v) is 3.87. The summed E-state index contributed by atoms with van der Waals surface area (Å²) in [6.07, 6.45) is 0. The molecule has 0 radical (unpaired) electrons. The highest BCUT2D eigenvalue weighted by molar-refractivity contribution is 14.1. The van der Waals surface area contributed by atoms with Crippen LogP contribution in [-0.2, 0) is 11.3 Å². The minimum absolute atomic E-state index is 0.0531. The van der Waals surface area contributed by atoms with E-state index in [1.54, 1.807) is 25.2 Å². The van der Waals surface area contributed by atoms with E-state index < -0.39 is 0 Å². The van der Waals surface area contributed by atoms with E-state index in [0.717, 1.165) is 35.4 Å². The Morgan fingerprint density at radius 1 is 1.11 bits per heavy atom. The van der Waals surface area contributed by atoms with E-state index in [2.05, 4.69) is 51.8 Å². The van der Waals surface area contributed by atoms with Crippen LogP contribution in [0.2, 0.25) is 0 Å². The van der Waals surface area contributed by atoms with Crippen molar-refractivity contribution in [1.82, 2.24) is 4.90 Å². The average Bonchev–Trinajstić information content (AvgIpc) is 2.74. The monoisotopic (exact) mass is 496 g/mol. The minimum atomic E-state index is -0.0531. The summed E-state index contributed by atoms with van der Waals surface area (Å²) in [6, 6.07) is 11.9. The third-order valence-electron chi connectivity index (χ3n) is 4.78. The zero-order chi connectivity index (χ0) is 20.1. The van der Waals surface area contributed by atoms with Gasteiger partial charge in [-0.25, -0.2) is 0 Å². The Kier molecular flexibility index (Phi) is 7.01. The SMILES string of the molecule is COc1cc(I)c(C(=O)N(C)Cc2ccc(N3CCOCC3)cc2)cc1OC. The van der Waals surface area contributed by atoms with Gasteiger partial charge in [-0.1, -0.05) is 12.1 Å². The van der Waals surface area contributed by atoms with Crippen LogP contribution in [0.15, 0.2) is 36.4 Å². The van der Waals surface area contributed by atoms with Crippen LogP contribution >= 0.6 is 22.6 Å². The number of anilines is 1. The lowest BCUT2D eigenvalue weighted by Gasteiger charge is -2.29. The predicted molar refractivity (Wildman–Crippen MR) is 118 cm³/mol. The summed E-state index contributed by atoms with van der Waals surface area (Å²) in [4.78, 5) is 17.0. The topological polar surface area (TPSA) is 51.2 Å². The number of halogens is 1. The molecule has 0 atom stereocenters. The van der Waals surface area contributed by atoms with E-state index in [9.17, 15) is 4.79 Å². The molecule has 1 heterocycles. The van der Waals surface area contributed by atoms with E-state index >= 15 is 0 Å². The van der Waals surface area contributed by atoms with Crippen LogP contribution in [-0.4, -0.2) is 58.4 Å². The Hall–Kier alpha value is -2.00. The van der Waals surface area contributed by atoms with Gasteiger partial charge in [0.2, 0.25) is 0 Å². The molecule has 2 aromatic rings. The molecule has 0 aliphatic carbocycles. The number of nitrogens with zero attached hydrogens (tertiary/aromatic N) is 2. The third kappa shape index (κ3) is 4.70. The van der Waals surface area contributed by atoms with Crippen molar-refractivity contribution in [2.24, 2.45) is 0 Å². The van der Waals surface area contributed by atoms with Crippen molar-refractivity contribution >= 4 is 34.2 Å². The van der Waals surface area contributed by atoms with Gasteiger partial charge in [-0.3, -0.25) is 4.79 Å². The molecule has 1 fully saturated rings. The molecule has 7 heteroatoms. The highest BCUT2D eigenvalue weighted by atomic mass is 127. The van der Waals surface area contributed by atoms with E-state index in [-0.39, 0.29) is 5.91 Å². The van der Waals surface area contributed by atoms with Crippen LogP contribution in [0.1, 0.15) is 15.9 Å². The Bertz CT molecular complexity index is 820. The van der Waals surface area contributed by atoms with Crippen molar-refractivity contribution in [1.29, 1.82) is 0 Å². The Morgan fingerprint density at radius 3 is 2.32 bits per heavy atom. The lowest BCUT2D eigenvalue weighted by molar-refractivity contribution is 0.0783. The fourth-order valence-electron chi connectivity index (χ4n) is 3.20. The standard InChI is InChI=1S/C21H25IN2O4/c1-23(21(25)17-12-19(26-2)20(27-3)13-18(17)22)14-15-4-6-16(7-5-15)24-8-10-28-11-9-24/h4-7,12-13H,8-11,14H2,1-3H3. The van der Waals surface area contributed by atoms with Gasteiger partial charge in [0.25, 0.3) is 5.91 Å². The first-order valence-corrected chi connectivity index (χ1v) is 10.2. The zero-order valence-corrected chi connectivity index (χ0v) is 18.6. The fraction of sp³-hybridized carbons (Fsp3) is 0.381. The first-order valence-electron chi connectivity index (χ1n) is 9.12. The number of hydrogen-bond donors (Lipinski definition) is 0. The molecular weight excluding hydrogens is 471 g/mol. The smallest absolute Gasteiger partial charge is 0.255 e. The highest BCUT2D eigenvalue weighted by Gasteiger charge is 2.19. The molecule has 3 rings (SSSR count). The minimum Gasteiger partial charge on any atom is -0.493 e. The van der Waals surface area contributed by atoms with Gasteiger partial charge in [0.1, 0.15) is 0 Å². The number of carbonyl (C=O) groups is 1. The average molecular weight is 496 g/mol. The van der Waals surface area contributed by atoms with Gasteiger partial charge >= 0.3 is 0 Å². The van der Waals surface area contributed by atoms with Crippen LogP contribution in [0.4, 0.5) is 5.69 Å². The van der Waals surface area contributed by atoms with Crippen LogP contribution < -0.4 is 14.4 Å². The summed E-state index contributed by atoms with van der Waals surface area (Å²) in [5, 5.41) is 0. The molecule has 0 spiro atoms. The normalized spacial score (nSPS) is 13.9. The van der Waals surface area contributed by atoms with Gasteiger partial charge in [0.05, 0.1) is 33.0 Å². The number of benzene rings is 2. The van der Waals surface area contributed by atoms with Crippen molar-refractivity contribution < 1.29 is 19.0 Å². The number of rotatable bonds is 6. The number of carbonyl (C=O) groups excluding carboxylic acids is 1. The van der Waals surface area contributed by atoms with Crippen LogP contribution in [0, 0.1) is 3.57 Å². The quantitative estimate of drug-likeness (QED) is 0.574. The van der Waals surface area contributed by atoms with Crippen molar-refractivity contribution in [3.63, 3.8) is 0 Å². The van der Waals surface area contributed by atoms with Crippen molar-refractivity contribution in [3.05, 3.63) is 51.1 Å². The summed E-state index contributed by atoms with van der Waals surface area (Å²) < 4.78 is 16.9. The van der Waals surface area contributed by atoms with Crippen LogP contribution in [0.25, 0.3) is 0 Å². The molecule has 1 amide bonds. The lowest BCUT2D eigenvalue weighted by Crippen LogP contribution is -2.36. The second-order valence-electron chi connectivity index (χ2n) is 6.61. The number of morpholine rings is 1. The predicted octanol–water partition coefficient (Wildman–Crippen LogP) is 3.42. The molecule has 150 valence electrons. The number of ether oxygens (including phenoxy) is 3. The van der Waals surface area contributed by atoms with E-state index in [0.29, 0.717) is 23.6 Å². The summed E-state index contributed by atoms with van der Waals surface area (Å²) >= 11 is 2.15. The first-order chi connectivity index (χ1) is 13.5. The lowest BCUT2D eigenvalue weighted by atomic mass is 10.1. The summed E-state index contributed by atoms with van der Waals surface area (Å²) in [5.74, 6) is 1.11. The molecule has 0 N–H and O–H groups in total. The Morgan fingerprint density at radius 2 is 1.71 bits per heavy atom. The van der Waals surface area contributed by atoms with Gasteiger partial charge in [0.15, 0.2) is 11.5 Å². The first kappa shape index (κ1) is 20.7. The Labute approximate surface area is 179 Å². The molecule has 0 saturated carbocycles. The van der Waals surface area contributed by atoms with Gasteiger partial charge in [0, 0.05) is 35.9 Å². The number of amides is 1. The highest BCUT2D eigenvalue weighted by Crippen LogP contribution is 2.32. The molecule has 1 saturated heterocycles. The molecule has 2 aromatic carbocycles. The molecule has 1 aliphatic heterocycles. The number of methoxy groups -OCH3 is 2. The zero-order valence-electron chi connectivity index (χ0n) is 16.4. The summed E-state index contributed by atoms with van der Waals surface area (Å²) in [7, 11) is 4.96. The van der Waals surface area contributed by atoms with Gasteiger partial charge < -0.3 is 24.0 Å². The second kappa shape index (κ2) is 9.47. The number of hydrogen-bond acceptors (Lipinski definition) is 5. The second-order valence-corrected chi connectivity index (χ2v) is 7.78. The van der Waals surface area contributed by atoms with Crippen molar-refractivity contribution in [2.75, 3.05) is 52.5 Å². The molecule has 0 aromatic heterocycles. The largest absolute Gasteiger partial charge is 0.493 e. The summed E-state index contributed by atoms with van der Waals surface area (Å²) in [6.45, 7) is 3.89. The van der Waals surface area contributed by atoms with Gasteiger partial charge in [-0.05, 0) is 52.4 Å². The molecule has 1 aliphatic rings. The maximum absolute atomic E-state index is 13.0. The van der Waals surface area contributed by atoms with Crippen LogP contribution in [0.3, 0.4) is 0 Å². The van der Waals surface area contributed by atoms with Crippen molar-refractivity contribution in [2.45, 2.75) is 6.54 Å². The van der Waals surface area contributed by atoms with E-state index in [1.165, 1.54) is 5.69 Å². The molecule has 0 unspecified atom stereocenters. The van der Waals surface area contributed by atoms with E-state index in [4.69, 9.17) is 14.2 Å². The van der Waals surface area contributed by atoms with Crippen LogP contribution in [0.5, 0.6) is 11.5 Å². The van der Waals surface area contributed by atoms with E-state index in [1.807, 2.05) is 13.1 Å².